The van der Waals surface area contributed by atoms with E-state index in [1.54, 1.807) is 6.92 Å². The third-order valence-electron chi connectivity index (χ3n) is 7.36. The zero-order chi connectivity index (χ0) is 28.4. The zero-order valence-electron chi connectivity index (χ0n) is 23.3. The SMILES string of the molecule is CCOC(=O)NCC(C(=O)O)[C@@H](CC(C)C)C(=O)N[C@H]1CC2C=[N+](CCCCCCNC1=O)c1ccccc12. The van der Waals surface area contributed by atoms with Crippen LogP contribution in [0.15, 0.2) is 24.3 Å². The Morgan fingerprint density at radius 3 is 2.59 bits per heavy atom. The number of carbonyl (C=O) groups excluding carboxylic acids is 3. The van der Waals surface area contributed by atoms with Gasteiger partial charge in [0.1, 0.15) is 12.6 Å². The number of nitrogens with one attached hydrogen (secondary N) is 3. The predicted octanol–water partition coefficient (Wildman–Crippen LogP) is 3.17. The van der Waals surface area contributed by atoms with Crippen molar-refractivity contribution in [2.75, 3.05) is 26.2 Å². The lowest BCUT2D eigenvalue weighted by molar-refractivity contribution is -0.433. The van der Waals surface area contributed by atoms with E-state index in [9.17, 15) is 24.3 Å². The topological polar surface area (TPSA) is 137 Å². The number of hydrogen-bond donors (Lipinski definition) is 4. The van der Waals surface area contributed by atoms with E-state index >= 15 is 0 Å². The van der Waals surface area contributed by atoms with Gasteiger partial charge in [-0.2, -0.15) is 0 Å². The summed E-state index contributed by atoms with van der Waals surface area (Å²) in [5.74, 6) is -4.14. The van der Waals surface area contributed by atoms with Gasteiger partial charge in [0, 0.05) is 31.1 Å². The number of hydrogen-bond acceptors (Lipinski definition) is 5. The van der Waals surface area contributed by atoms with Gasteiger partial charge in [0.05, 0.1) is 24.4 Å². The van der Waals surface area contributed by atoms with E-state index in [1.807, 2.05) is 26.0 Å². The van der Waals surface area contributed by atoms with E-state index in [0.717, 1.165) is 43.5 Å². The highest BCUT2D eigenvalue weighted by Gasteiger charge is 2.39. The van der Waals surface area contributed by atoms with Crippen LogP contribution in [-0.4, -0.2) is 72.1 Å². The first-order chi connectivity index (χ1) is 18.7. The lowest BCUT2D eigenvalue weighted by Gasteiger charge is -2.28. The van der Waals surface area contributed by atoms with Crippen LogP contribution in [0.1, 0.15) is 70.8 Å². The Kier molecular flexibility index (Phi) is 11.3. The average molecular weight is 544 g/mol. The maximum absolute atomic E-state index is 13.7. The van der Waals surface area contributed by atoms with Gasteiger partial charge in [-0.05, 0) is 38.5 Å². The second kappa shape index (κ2) is 14.6. The minimum atomic E-state index is -1.19. The van der Waals surface area contributed by atoms with E-state index < -0.39 is 35.8 Å². The van der Waals surface area contributed by atoms with Crippen molar-refractivity contribution in [3.63, 3.8) is 0 Å². The molecule has 0 fully saturated rings. The highest BCUT2D eigenvalue weighted by Crippen LogP contribution is 2.35. The normalized spacial score (nSPS) is 21.1. The zero-order valence-corrected chi connectivity index (χ0v) is 23.3. The van der Waals surface area contributed by atoms with Gasteiger partial charge < -0.3 is 25.8 Å². The minimum absolute atomic E-state index is 0.0164. The lowest BCUT2D eigenvalue weighted by atomic mass is 9.84. The maximum atomic E-state index is 13.7. The maximum Gasteiger partial charge on any atom is 0.407 e. The molecular formula is C29H43N4O6+. The molecular weight excluding hydrogens is 500 g/mol. The lowest BCUT2D eigenvalue weighted by Crippen LogP contribution is -2.52. The number of carboxylic acids is 1. The van der Waals surface area contributed by atoms with Gasteiger partial charge in [-0.1, -0.05) is 38.5 Å². The number of nitrogens with zero attached hydrogens (tertiary/aromatic N) is 1. The molecule has 2 bridgehead atoms. The third-order valence-corrected chi connectivity index (χ3v) is 7.36. The van der Waals surface area contributed by atoms with Gasteiger partial charge in [0.25, 0.3) is 0 Å². The summed E-state index contributed by atoms with van der Waals surface area (Å²) in [5, 5.41) is 18.3. The third kappa shape index (κ3) is 8.53. The Balaban J connectivity index is 1.85. The Bertz CT molecular complexity index is 1060. The summed E-state index contributed by atoms with van der Waals surface area (Å²) >= 11 is 0. The van der Waals surface area contributed by atoms with E-state index in [-0.39, 0.29) is 37.3 Å². The molecule has 0 saturated carbocycles. The van der Waals surface area contributed by atoms with Crippen LogP contribution in [-0.2, 0) is 19.1 Å². The van der Waals surface area contributed by atoms with Gasteiger partial charge in [-0.15, -0.1) is 0 Å². The number of carbonyl (C=O) groups is 4. The van der Waals surface area contributed by atoms with Crippen LogP contribution in [0.2, 0.25) is 0 Å². The van der Waals surface area contributed by atoms with Crippen LogP contribution in [0.3, 0.4) is 0 Å². The van der Waals surface area contributed by atoms with Crippen LogP contribution in [0, 0.1) is 17.8 Å². The van der Waals surface area contributed by atoms with Crippen LogP contribution in [0.25, 0.3) is 0 Å². The van der Waals surface area contributed by atoms with Crippen molar-refractivity contribution in [2.45, 2.75) is 71.3 Å². The molecule has 1 aromatic rings. The summed E-state index contributed by atoms with van der Waals surface area (Å²) < 4.78 is 7.11. The monoisotopic (exact) mass is 543 g/mol. The van der Waals surface area contributed by atoms with Gasteiger partial charge in [0.15, 0.2) is 6.21 Å². The quantitative estimate of drug-likeness (QED) is 0.353. The number of para-hydroxylation sites is 1. The number of ether oxygens (including phenoxy) is 1. The molecule has 0 aliphatic carbocycles. The Labute approximate surface area is 230 Å². The predicted molar refractivity (Wildman–Crippen MR) is 147 cm³/mol. The number of rotatable bonds is 9. The molecule has 1 aromatic carbocycles. The smallest absolute Gasteiger partial charge is 0.407 e. The van der Waals surface area contributed by atoms with Crippen LogP contribution in [0.5, 0.6) is 0 Å². The largest absolute Gasteiger partial charge is 0.481 e. The number of carboxylic acid groups (broad SMARTS) is 1. The number of benzene rings is 1. The van der Waals surface area contributed by atoms with Crippen LogP contribution >= 0.6 is 0 Å². The Morgan fingerprint density at radius 1 is 1.13 bits per heavy atom. The van der Waals surface area contributed by atoms with Crippen molar-refractivity contribution in [3.8, 4) is 0 Å². The van der Waals surface area contributed by atoms with Crippen molar-refractivity contribution < 1.29 is 33.6 Å². The summed E-state index contributed by atoms with van der Waals surface area (Å²) in [6, 6.07) is 7.28. The molecule has 2 heterocycles. The second-order valence-corrected chi connectivity index (χ2v) is 10.8. The fraction of sp³-hybridized carbons (Fsp3) is 0.621. The molecule has 214 valence electrons. The molecule has 2 aliphatic heterocycles. The molecule has 4 N–H and O–H groups in total. The van der Waals surface area contributed by atoms with E-state index in [0.29, 0.717) is 13.0 Å². The molecule has 0 radical (unpaired) electrons. The van der Waals surface area contributed by atoms with Crippen molar-refractivity contribution in [1.82, 2.24) is 16.0 Å². The minimum Gasteiger partial charge on any atom is -0.481 e. The van der Waals surface area contributed by atoms with Gasteiger partial charge in [0.2, 0.25) is 17.5 Å². The summed E-state index contributed by atoms with van der Waals surface area (Å²) in [7, 11) is 0. The first kappa shape index (κ1) is 30.1. The molecule has 39 heavy (non-hydrogen) atoms. The van der Waals surface area contributed by atoms with Gasteiger partial charge >= 0.3 is 12.1 Å². The Morgan fingerprint density at radius 2 is 1.87 bits per heavy atom. The molecule has 0 saturated heterocycles. The van der Waals surface area contributed by atoms with Crippen molar-refractivity contribution in [3.05, 3.63) is 29.8 Å². The van der Waals surface area contributed by atoms with E-state index in [1.165, 1.54) is 0 Å². The average Bonchev–Trinajstić information content (AvgIpc) is 3.24. The van der Waals surface area contributed by atoms with E-state index in [2.05, 4.69) is 38.9 Å². The molecule has 10 nitrogen and oxygen atoms in total. The van der Waals surface area contributed by atoms with Gasteiger partial charge in [-0.3, -0.25) is 14.4 Å². The van der Waals surface area contributed by atoms with Crippen molar-refractivity contribution in [1.29, 1.82) is 0 Å². The van der Waals surface area contributed by atoms with Crippen LogP contribution < -0.4 is 16.0 Å². The highest BCUT2D eigenvalue weighted by molar-refractivity contribution is 5.91. The summed E-state index contributed by atoms with van der Waals surface area (Å²) in [5.41, 5.74) is 2.24. The molecule has 0 aromatic heterocycles. The van der Waals surface area contributed by atoms with E-state index in [4.69, 9.17) is 4.74 Å². The van der Waals surface area contributed by atoms with Crippen LogP contribution in [0.4, 0.5) is 10.5 Å². The number of amides is 3. The summed E-state index contributed by atoms with van der Waals surface area (Å²) in [6.07, 6.45) is 6.03. The molecule has 0 spiro atoms. The first-order valence-corrected chi connectivity index (χ1v) is 14.1. The Hall–Kier alpha value is -3.43. The molecule has 2 unspecified atom stereocenters. The fourth-order valence-corrected chi connectivity index (χ4v) is 5.42. The molecule has 3 rings (SSSR count). The molecule has 10 heteroatoms. The second-order valence-electron chi connectivity index (χ2n) is 10.8. The highest BCUT2D eigenvalue weighted by atomic mass is 16.5. The number of fused-ring (bicyclic) bond motifs is 4. The number of alkyl carbamates (subject to hydrolysis) is 1. The van der Waals surface area contributed by atoms with Crippen molar-refractivity contribution >= 4 is 35.8 Å². The fourth-order valence-electron chi connectivity index (χ4n) is 5.42. The molecule has 2 aliphatic rings. The standard InChI is InChI=1S/C29H42N4O6/c1-4-39-29(38)31-17-23(28(36)37)22(15-19(2)3)26(34)32-24-16-20-18-33(25-12-8-7-11-21(20)25)14-10-6-5-9-13-30-27(24)35/h7-8,11-12,18-20,22-24H,4-6,9-10,13-17H2,1-3H3,(H3-,30,31,32,34,35,36,37,38)/p+1/t20?,22-,23?,24+/m1/s1. The van der Waals surface area contributed by atoms with Crippen molar-refractivity contribution in [2.24, 2.45) is 17.8 Å². The molecule has 4 atom stereocenters. The number of aliphatic carboxylic acids is 1. The summed E-state index contributed by atoms with van der Waals surface area (Å²) in [4.78, 5) is 51.1. The summed E-state index contributed by atoms with van der Waals surface area (Å²) in [6.45, 7) is 6.78. The first-order valence-electron chi connectivity index (χ1n) is 14.1. The molecule has 3 amide bonds. The van der Waals surface area contributed by atoms with Gasteiger partial charge in [-0.25, -0.2) is 9.37 Å².